The number of hydrogen-bond donors (Lipinski definition) is 2. The predicted molar refractivity (Wildman–Crippen MR) is 84.9 cm³/mol. The lowest BCUT2D eigenvalue weighted by atomic mass is 10.2. The van der Waals surface area contributed by atoms with Crippen LogP contribution in [-0.4, -0.2) is 24.5 Å². The van der Waals surface area contributed by atoms with Crippen molar-refractivity contribution in [2.75, 3.05) is 16.3 Å². The molecule has 2 rings (SSSR count). The quantitative estimate of drug-likeness (QED) is 0.857. The third-order valence-corrected chi connectivity index (χ3v) is 3.62. The van der Waals surface area contributed by atoms with E-state index in [1.807, 2.05) is 43.1 Å². The van der Waals surface area contributed by atoms with Crippen molar-refractivity contribution < 1.29 is 8.42 Å². The van der Waals surface area contributed by atoms with Crippen molar-refractivity contribution in [2.45, 2.75) is 26.9 Å². The third-order valence-electron chi connectivity index (χ3n) is 3.03. The standard InChI is InChI=1S/C14H20N4O2S/c1-4-18-10-12(9-16-18)8-15-13-5-6-14(11(2)7-13)17-21(3,19)20/h5-7,9-10,15,17H,4,8H2,1-3H3. The van der Waals surface area contributed by atoms with Crippen molar-refractivity contribution in [3.05, 3.63) is 41.7 Å². The Kier molecular flexibility index (Phi) is 4.52. The summed E-state index contributed by atoms with van der Waals surface area (Å²) in [4.78, 5) is 0. The van der Waals surface area contributed by atoms with Crippen LogP contribution in [0.4, 0.5) is 11.4 Å². The minimum absolute atomic E-state index is 0.599. The predicted octanol–water partition coefficient (Wildman–Crippen LogP) is 2.20. The molecule has 2 aromatic rings. The van der Waals surface area contributed by atoms with Crippen LogP contribution in [0.3, 0.4) is 0 Å². The second-order valence-electron chi connectivity index (χ2n) is 4.96. The first-order valence-electron chi connectivity index (χ1n) is 6.71. The van der Waals surface area contributed by atoms with Crippen LogP contribution in [0.2, 0.25) is 0 Å². The third kappa shape index (κ3) is 4.49. The molecule has 0 radical (unpaired) electrons. The highest BCUT2D eigenvalue weighted by Gasteiger charge is 2.05. The summed E-state index contributed by atoms with van der Waals surface area (Å²) < 4.78 is 26.9. The van der Waals surface area contributed by atoms with E-state index in [0.29, 0.717) is 12.2 Å². The Bertz CT molecular complexity index is 722. The molecule has 0 saturated heterocycles. The van der Waals surface area contributed by atoms with Gasteiger partial charge in [0, 0.05) is 30.5 Å². The Balaban J connectivity index is 2.03. The van der Waals surface area contributed by atoms with E-state index in [1.165, 1.54) is 0 Å². The molecule has 0 aliphatic rings. The number of aromatic nitrogens is 2. The molecule has 2 N–H and O–H groups in total. The highest BCUT2D eigenvalue weighted by atomic mass is 32.2. The highest BCUT2D eigenvalue weighted by Crippen LogP contribution is 2.21. The molecule has 0 bridgehead atoms. The summed E-state index contributed by atoms with van der Waals surface area (Å²) >= 11 is 0. The second-order valence-corrected chi connectivity index (χ2v) is 6.71. The van der Waals surface area contributed by atoms with Gasteiger partial charge in [0.25, 0.3) is 0 Å². The van der Waals surface area contributed by atoms with Crippen molar-refractivity contribution in [3.8, 4) is 0 Å². The Morgan fingerprint density at radius 2 is 2.10 bits per heavy atom. The zero-order valence-electron chi connectivity index (χ0n) is 12.4. The van der Waals surface area contributed by atoms with Gasteiger partial charge in [-0.15, -0.1) is 0 Å². The number of rotatable bonds is 6. The first kappa shape index (κ1) is 15.4. The maximum Gasteiger partial charge on any atom is 0.229 e. The molecule has 21 heavy (non-hydrogen) atoms. The van der Waals surface area contributed by atoms with Gasteiger partial charge in [0.1, 0.15) is 0 Å². The fraction of sp³-hybridized carbons (Fsp3) is 0.357. The van der Waals surface area contributed by atoms with E-state index < -0.39 is 10.0 Å². The van der Waals surface area contributed by atoms with E-state index in [-0.39, 0.29) is 0 Å². The van der Waals surface area contributed by atoms with Gasteiger partial charge >= 0.3 is 0 Å². The van der Waals surface area contributed by atoms with E-state index >= 15 is 0 Å². The molecule has 0 amide bonds. The average Bonchev–Trinajstić information content (AvgIpc) is 2.86. The fourth-order valence-corrected chi connectivity index (χ4v) is 2.59. The number of benzene rings is 1. The molecule has 0 aliphatic carbocycles. The summed E-state index contributed by atoms with van der Waals surface area (Å²) in [5.74, 6) is 0. The van der Waals surface area contributed by atoms with Gasteiger partial charge in [-0.3, -0.25) is 9.40 Å². The van der Waals surface area contributed by atoms with Crippen molar-refractivity contribution in [3.63, 3.8) is 0 Å². The Morgan fingerprint density at radius 1 is 1.33 bits per heavy atom. The summed E-state index contributed by atoms with van der Waals surface area (Å²) in [5, 5.41) is 7.52. The average molecular weight is 308 g/mol. The Labute approximate surface area is 125 Å². The first-order valence-corrected chi connectivity index (χ1v) is 8.60. The van der Waals surface area contributed by atoms with Crippen LogP contribution in [0.1, 0.15) is 18.1 Å². The molecular formula is C14H20N4O2S. The molecule has 0 spiro atoms. The normalized spacial score (nSPS) is 11.4. The number of nitrogens with zero attached hydrogens (tertiary/aromatic N) is 2. The molecule has 1 aromatic carbocycles. The number of sulfonamides is 1. The first-order chi connectivity index (χ1) is 9.87. The summed E-state index contributed by atoms with van der Waals surface area (Å²) in [7, 11) is -3.25. The summed E-state index contributed by atoms with van der Waals surface area (Å²) in [6.45, 7) is 5.44. The zero-order valence-corrected chi connectivity index (χ0v) is 13.2. The lowest BCUT2D eigenvalue weighted by Gasteiger charge is -2.11. The van der Waals surface area contributed by atoms with Gasteiger partial charge in [0.15, 0.2) is 0 Å². The molecular weight excluding hydrogens is 288 g/mol. The van der Waals surface area contributed by atoms with E-state index in [9.17, 15) is 8.42 Å². The Morgan fingerprint density at radius 3 is 2.67 bits per heavy atom. The summed E-state index contributed by atoms with van der Waals surface area (Å²) in [6.07, 6.45) is 4.98. The van der Waals surface area contributed by atoms with Gasteiger partial charge in [-0.25, -0.2) is 8.42 Å². The van der Waals surface area contributed by atoms with Crippen LogP contribution < -0.4 is 10.0 Å². The van der Waals surface area contributed by atoms with Crippen LogP contribution in [0.5, 0.6) is 0 Å². The largest absolute Gasteiger partial charge is 0.381 e. The zero-order chi connectivity index (χ0) is 15.5. The van der Waals surface area contributed by atoms with Crippen molar-refractivity contribution >= 4 is 21.4 Å². The van der Waals surface area contributed by atoms with Crippen LogP contribution in [0.25, 0.3) is 0 Å². The fourth-order valence-electron chi connectivity index (χ4n) is 1.96. The van der Waals surface area contributed by atoms with Crippen LogP contribution in [0, 0.1) is 6.92 Å². The summed E-state index contributed by atoms with van der Waals surface area (Å²) in [5.41, 5.74) is 3.51. The summed E-state index contributed by atoms with van der Waals surface area (Å²) in [6, 6.07) is 5.52. The minimum atomic E-state index is -3.25. The number of nitrogens with one attached hydrogen (secondary N) is 2. The maximum absolute atomic E-state index is 11.2. The van der Waals surface area contributed by atoms with Crippen molar-refractivity contribution in [1.82, 2.24) is 9.78 Å². The molecule has 7 heteroatoms. The lowest BCUT2D eigenvalue weighted by molar-refractivity contribution is 0.607. The van der Waals surface area contributed by atoms with Gasteiger partial charge in [0.2, 0.25) is 10.0 Å². The van der Waals surface area contributed by atoms with E-state index in [0.717, 1.165) is 29.6 Å². The van der Waals surface area contributed by atoms with Gasteiger partial charge < -0.3 is 5.32 Å². The van der Waals surface area contributed by atoms with Gasteiger partial charge in [-0.05, 0) is 37.6 Å². The van der Waals surface area contributed by atoms with E-state index in [1.54, 1.807) is 6.07 Å². The number of hydrogen-bond acceptors (Lipinski definition) is 4. The molecule has 0 atom stereocenters. The molecule has 0 unspecified atom stereocenters. The molecule has 0 aliphatic heterocycles. The molecule has 1 aromatic heterocycles. The highest BCUT2D eigenvalue weighted by molar-refractivity contribution is 7.92. The molecule has 1 heterocycles. The van der Waals surface area contributed by atoms with Gasteiger partial charge in [0.05, 0.1) is 18.1 Å². The maximum atomic E-state index is 11.2. The molecule has 6 nitrogen and oxygen atoms in total. The SMILES string of the molecule is CCn1cc(CNc2ccc(NS(C)(=O)=O)c(C)c2)cn1. The molecule has 0 fully saturated rings. The van der Waals surface area contributed by atoms with Crippen molar-refractivity contribution in [1.29, 1.82) is 0 Å². The van der Waals surface area contributed by atoms with E-state index in [2.05, 4.69) is 15.1 Å². The van der Waals surface area contributed by atoms with Gasteiger partial charge in [-0.1, -0.05) is 0 Å². The van der Waals surface area contributed by atoms with Crippen LogP contribution >= 0.6 is 0 Å². The monoisotopic (exact) mass is 308 g/mol. The van der Waals surface area contributed by atoms with Crippen molar-refractivity contribution in [2.24, 2.45) is 0 Å². The topological polar surface area (TPSA) is 76.0 Å². The van der Waals surface area contributed by atoms with E-state index in [4.69, 9.17) is 0 Å². The second kappa shape index (κ2) is 6.17. The smallest absolute Gasteiger partial charge is 0.229 e. The minimum Gasteiger partial charge on any atom is -0.381 e. The molecule has 114 valence electrons. The lowest BCUT2D eigenvalue weighted by Crippen LogP contribution is -2.10. The van der Waals surface area contributed by atoms with Gasteiger partial charge in [-0.2, -0.15) is 5.10 Å². The van der Waals surface area contributed by atoms with Crippen LogP contribution in [-0.2, 0) is 23.1 Å². The molecule has 0 saturated carbocycles. The van der Waals surface area contributed by atoms with Crippen LogP contribution in [0.15, 0.2) is 30.6 Å². The number of anilines is 2. The number of aryl methyl sites for hydroxylation is 2. The Hall–Kier alpha value is -2.02.